The zero-order chi connectivity index (χ0) is 25.7. The summed E-state index contributed by atoms with van der Waals surface area (Å²) in [5.74, 6) is 1.65. The lowest BCUT2D eigenvalue weighted by molar-refractivity contribution is -0.135. The first kappa shape index (κ1) is 23.8. The third kappa shape index (κ3) is 4.30. The van der Waals surface area contributed by atoms with Crippen molar-refractivity contribution in [2.75, 3.05) is 7.11 Å². The van der Waals surface area contributed by atoms with E-state index in [1.807, 2.05) is 18.2 Å². The number of rotatable bonds is 7. The summed E-state index contributed by atoms with van der Waals surface area (Å²) in [7, 11) is 1.66. The van der Waals surface area contributed by atoms with Gasteiger partial charge in [0.15, 0.2) is 0 Å². The van der Waals surface area contributed by atoms with Gasteiger partial charge >= 0.3 is 5.97 Å². The lowest BCUT2D eigenvalue weighted by atomic mass is 10.0. The van der Waals surface area contributed by atoms with E-state index in [1.165, 1.54) is 22.7 Å². The van der Waals surface area contributed by atoms with Gasteiger partial charge in [0.2, 0.25) is 0 Å². The number of hydrogen-bond donors (Lipinski definition) is 1. The van der Waals surface area contributed by atoms with Crippen LogP contribution in [0, 0.1) is 0 Å². The highest BCUT2D eigenvalue weighted by Crippen LogP contribution is 2.46. The summed E-state index contributed by atoms with van der Waals surface area (Å²) >= 11 is 2.84. The normalized spacial score (nSPS) is 14.2. The van der Waals surface area contributed by atoms with E-state index in [9.17, 15) is 9.59 Å². The number of nitrogens with zero attached hydrogens (tertiary/aromatic N) is 3. The van der Waals surface area contributed by atoms with Crippen LogP contribution in [0.5, 0.6) is 11.5 Å². The van der Waals surface area contributed by atoms with Gasteiger partial charge in [0.05, 0.1) is 29.3 Å². The number of hydrogen-bond acceptors (Lipinski definition) is 9. The molecule has 0 radical (unpaired) electrons. The van der Waals surface area contributed by atoms with Crippen molar-refractivity contribution >= 4 is 48.9 Å². The molecule has 3 aromatic heterocycles. The number of aromatic nitrogens is 3. The van der Waals surface area contributed by atoms with Crippen LogP contribution in [0.25, 0.3) is 31.7 Å². The number of benzene rings is 2. The average Bonchev–Trinajstić information content (AvgIpc) is 3.48. The van der Waals surface area contributed by atoms with Gasteiger partial charge in [-0.1, -0.05) is 12.1 Å². The van der Waals surface area contributed by atoms with Crippen LogP contribution >= 0.6 is 22.7 Å². The lowest BCUT2D eigenvalue weighted by Crippen LogP contribution is -2.30. The SMILES string of the molecule is COc1ccc(-c2nc3sc4c(OC(=O)C(C)N)cccc4c3c(=O)n2Cc2cncs2)c(C2CC2)c1. The monoisotopic (exact) mass is 532 g/mol. The molecule has 1 fully saturated rings. The smallest absolute Gasteiger partial charge is 0.328 e. The number of thiophene rings is 1. The van der Waals surface area contributed by atoms with Crippen LogP contribution < -0.4 is 20.8 Å². The van der Waals surface area contributed by atoms with Crippen LogP contribution in [-0.2, 0) is 11.3 Å². The van der Waals surface area contributed by atoms with Gasteiger partial charge in [-0.15, -0.1) is 22.7 Å². The highest BCUT2D eigenvalue weighted by atomic mass is 32.1. The molecule has 0 bridgehead atoms. The van der Waals surface area contributed by atoms with Crippen molar-refractivity contribution < 1.29 is 14.3 Å². The number of thiazole rings is 1. The predicted molar refractivity (Wildman–Crippen MR) is 146 cm³/mol. The Morgan fingerprint density at radius 3 is 2.81 bits per heavy atom. The van der Waals surface area contributed by atoms with Crippen molar-refractivity contribution in [3.63, 3.8) is 0 Å². The molecule has 1 aliphatic rings. The minimum Gasteiger partial charge on any atom is -0.497 e. The Labute approximate surface area is 220 Å². The second-order valence-corrected chi connectivity index (χ2v) is 11.1. The molecule has 6 rings (SSSR count). The first-order valence-corrected chi connectivity index (χ1v) is 13.6. The maximum absolute atomic E-state index is 14.1. The Morgan fingerprint density at radius 1 is 1.27 bits per heavy atom. The van der Waals surface area contributed by atoms with E-state index in [-0.39, 0.29) is 5.56 Å². The molecule has 3 heterocycles. The van der Waals surface area contributed by atoms with Crippen LogP contribution in [-0.4, -0.2) is 33.7 Å². The van der Waals surface area contributed by atoms with Crippen LogP contribution in [0.4, 0.5) is 0 Å². The molecule has 1 aliphatic carbocycles. The largest absolute Gasteiger partial charge is 0.497 e. The van der Waals surface area contributed by atoms with Crippen molar-refractivity contribution in [1.29, 1.82) is 0 Å². The van der Waals surface area contributed by atoms with E-state index in [4.69, 9.17) is 20.2 Å². The summed E-state index contributed by atoms with van der Waals surface area (Å²) < 4.78 is 13.5. The van der Waals surface area contributed by atoms with Gasteiger partial charge in [-0.2, -0.15) is 0 Å². The molecule has 0 amide bonds. The molecule has 37 heavy (non-hydrogen) atoms. The second kappa shape index (κ2) is 9.37. The molecule has 1 unspecified atom stereocenters. The van der Waals surface area contributed by atoms with Gasteiger partial charge < -0.3 is 15.2 Å². The number of ether oxygens (including phenoxy) is 2. The molecule has 0 saturated heterocycles. The fourth-order valence-electron chi connectivity index (χ4n) is 4.47. The number of esters is 1. The molecule has 0 aliphatic heterocycles. The van der Waals surface area contributed by atoms with Crippen LogP contribution in [0.15, 0.2) is 52.9 Å². The fourth-order valence-corrected chi connectivity index (χ4v) is 6.17. The number of carbonyl (C=O) groups excluding carboxylic acids is 1. The van der Waals surface area contributed by atoms with Crippen molar-refractivity contribution in [3.05, 3.63) is 68.9 Å². The Balaban J connectivity index is 1.61. The summed E-state index contributed by atoms with van der Waals surface area (Å²) in [6.45, 7) is 1.93. The summed E-state index contributed by atoms with van der Waals surface area (Å²) in [4.78, 5) is 37.2. The van der Waals surface area contributed by atoms with Crippen LogP contribution in [0.1, 0.15) is 36.1 Å². The first-order valence-electron chi connectivity index (χ1n) is 11.9. The zero-order valence-electron chi connectivity index (χ0n) is 20.3. The van der Waals surface area contributed by atoms with E-state index in [0.717, 1.165) is 34.6 Å². The molecule has 188 valence electrons. The quantitative estimate of drug-likeness (QED) is 0.234. The molecule has 10 heteroatoms. The second-order valence-electron chi connectivity index (χ2n) is 9.15. The maximum Gasteiger partial charge on any atom is 0.328 e. The molecular formula is C27H24N4O4S2. The molecular weight excluding hydrogens is 508 g/mol. The van der Waals surface area contributed by atoms with Crippen LogP contribution in [0.2, 0.25) is 0 Å². The predicted octanol–water partition coefficient (Wildman–Crippen LogP) is 4.92. The number of fused-ring (bicyclic) bond motifs is 3. The van der Waals surface area contributed by atoms with Crippen LogP contribution in [0.3, 0.4) is 0 Å². The maximum atomic E-state index is 14.1. The summed E-state index contributed by atoms with van der Waals surface area (Å²) in [6, 6.07) is 10.5. The lowest BCUT2D eigenvalue weighted by Gasteiger charge is -2.16. The number of methoxy groups -OCH3 is 1. The average molecular weight is 533 g/mol. The van der Waals surface area contributed by atoms with E-state index in [1.54, 1.807) is 42.4 Å². The van der Waals surface area contributed by atoms with Crippen molar-refractivity contribution in [2.45, 2.75) is 38.3 Å². The van der Waals surface area contributed by atoms with E-state index < -0.39 is 12.0 Å². The van der Waals surface area contributed by atoms with E-state index >= 15 is 0 Å². The Kier molecular flexibility index (Phi) is 6.02. The third-order valence-corrected chi connectivity index (χ3v) is 8.36. The molecule has 0 spiro atoms. The summed E-state index contributed by atoms with van der Waals surface area (Å²) in [5, 5.41) is 1.21. The van der Waals surface area contributed by atoms with Crippen molar-refractivity contribution in [3.8, 4) is 22.9 Å². The molecule has 2 N–H and O–H groups in total. The fraction of sp³-hybridized carbons (Fsp3) is 0.259. The first-order chi connectivity index (χ1) is 17.9. The van der Waals surface area contributed by atoms with Gasteiger partial charge in [-0.05, 0) is 55.5 Å². The molecule has 5 aromatic rings. The summed E-state index contributed by atoms with van der Waals surface area (Å²) in [6.07, 6.45) is 3.97. The van der Waals surface area contributed by atoms with Gasteiger partial charge in [0, 0.05) is 22.0 Å². The number of carbonyl (C=O) groups is 1. The zero-order valence-corrected chi connectivity index (χ0v) is 21.9. The standard InChI is InChI=1S/C27H24N4O4S2/c1-14(28)27(33)35-21-5-3-4-19-22-25(37-23(19)21)30-24(31(26(22)32)12-17-11-29-13-36-17)18-9-8-16(34-2)10-20(18)15-6-7-15/h3-5,8-11,13-15H,6-7,12,28H2,1-2H3. The Hall–Kier alpha value is -3.60. The van der Waals surface area contributed by atoms with Gasteiger partial charge in [-0.3, -0.25) is 14.3 Å². The van der Waals surface area contributed by atoms with Gasteiger partial charge in [-0.25, -0.2) is 9.78 Å². The highest BCUT2D eigenvalue weighted by molar-refractivity contribution is 7.25. The van der Waals surface area contributed by atoms with Crippen molar-refractivity contribution in [1.82, 2.24) is 14.5 Å². The minimum absolute atomic E-state index is 0.145. The van der Waals surface area contributed by atoms with E-state index in [0.29, 0.717) is 44.3 Å². The van der Waals surface area contributed by atoms with Gasteiger partial charge in [0.1, 0.15) is 28.2 Å². The molecule has 1 atom stereocenters. The third-order valence-electron chi connectivity index (χ3n) is 6.48. The number of nitrogens with two attached hydrogens (primary N) is 1. The van der Waals surface area contributed by atoms with E-state index in [2.05, 4.69) is 11.1 Å². The van der Waals surface area contributed by atoms with Crippen molar-refractivity contribution in [2.24, 2.45) is 5.73 Å². The topological polar surface area (TPSA) is 109 Å². The minimum atomic E-state index is -0.762. The highest BCUT2D eigenvalue weighted by Gasteiger charge is 2.29. The molecule has 2 aromatic carbocycles. The summed E-state index contributed by atoms with van der Waals surface area (Å²) in [5.41, 5.74) is 9.38. The van der Waals surface area contributed by atoms with Gasteiger partial charge in [0.25, 0.3) is 5.56 Å². The molecule has 8 nitrogen and oxygen atoms in total. The Morgan fingerprint density at radius 2 is 2.11 bits per heavy atom. The Bertz CT molecular complexity index is 1700. The molecule has 1 saturated carbocycles.